The SMILES string of the molecule is COc1cc(/C=C/c2ccc(O)cc2)c2c(c1)C(=O)OC2. The first-order valence-corrected chi connectivity index (χ1v) is 6.52. The fourth-order valence-corrected chi connectivity index (χ4v) is 2.26. The van der Waals surface area contributed by atoms with Gasteiger partial charge < -0.3 is 14.6 Å². The highest BCUT2D eigenvalue weighted by atomic mass is 16.5. The minimum atomic E-state index is -0.316. The zero-order chi connectivity index (χ0) is 14.8. The van der Waals surface area contributed by atoms with Gasteiger partial charge in [-0.15, -0.1) is 0 Å². The standard InChI is InChI=1S/C17H14O4/c1-20-14-8-12(16-10-21-17(19)15(16)9-14)5-2-11-3-6-13(18)7-4-11/h2-9,18H,10H2,1H3/b5-2+. The maximum absolute atomic E-state index is 11.7. The van der Waals surface area contributed by atoms with Gasteiger partial charge in [0.15, 0.2) is 0 Å². The number of ether oxygens (including phenoxy) is 2. The van der Waals surface area contributed by atoms with Gasteiger partial charge in [0, 0.05) is 5.56 Å². The first-order valence-electron chi connectivity index (χ1n) is 6.52. The maximum Gasteiger partial charge on any atom is 0.339 e. The highest BCUT2D eigenvalue weighted by Gasteiger charge is 2.24. The van der Waals surface area contributed by atoms with Gasteiger partial charge in [-0.2, -0.15) is 0 Å². The van der Waals surface area contributed by atoms with E-state index >= 15 is 0 Å². The molecule has 4 heteroatoms. The molecule has 2 aromatic carbocycles. The number of rotatable bonds is 3. The van der Waals surface area contributed by atoms with Crippen molar-refractivity contribution >= 4 is 18.1 Å². The molecule has 0 bridgehead atoms. The smallest absolute Gasteiger partial charge is 0.339 e. The number of cyclic esters (lactones) is 1. The summed E-state index contributed by atoms with van der Waals surface area (Å²) in [7, 11) is 1.56. The third kappa shape index (κ3) is 2.60. The molecule has 1 N–H and O–H groups in total. The average Bonchev–Trinajstić information content (AvgIpc) is 2.88. The van der Waals surface area contributed by atoms with Gasteiger partial charge in [-0.25, -0.2) is 4.79 Å². The van der Waals surface area contributed by atoms with Crippen molar-refractivity contribution in [3.05, 3.63) is 58.7 Å². The van der Waals surface area contributed by atoms with Crippen molar-refractivity contribution in [2.24, 2.45) is 0 Å². The Bertz CT molecular complexity index is 714. The lowest BCUT2D eigenvalue weighted by molar-refractivity contribution is 0.0535. The van der Waals surface area contributed by atoms with E-state index in [4.69, 9.17) is 9.47 Å². The number of hydrogen-bond donors (Lipinski definition) is 1. The Hall–Kier alpha value is -2.75. The van der Waals surface area contributed by atoms with E-state index in [0.29, 0.717) is 11.3 Å². The third-order valence-electron chi connectivity index (χ3n) is 3.41. The number of carbonyl (C=O) groups excluding carboxylic acids is 1. The molecular weight excluding hydrogens is 268 g/mol. The molecule has 21 heavy (non-hydrogen) atoms. The van der Waals surface area contributed by atoms with E-state index in [1.54, 1.807) is 25.3 Å². The lowest BCUT2D eigenvalue weighted by Crippen LogP contribution is -1.96. The predicted octanol–water partition coefficient (Wildman–Crippen LogP) is 3.24. The first-order chi connectivity index (χ1) is 10.2. The fourth-order valence-electron chi connectivity index (χ4n) is 2.26. The molecule has 0 radical (unpaired) electrons. The predicted molar refractivity (Wildman–Crippen MR) is 79.1 cm³/mol. The van der Waals surface area contributed by atoms with Crippen molar-refractivity contribution in [2.45, 2.75) is 6.61 Å². The average molecular weight is 282 g/mol. The molecule has 0 saturated heterocycles. The van der Waals surface area contributed by atoms with E-state index in [-0.39, 0.29) is 18.3 Å². The molecule has 0 atom stereocenters. The van der Waals surface area contributed by atoms with Crippen LogP contribution in [0.3, 0.4) is 0 Å². The molecule has 106 valence electrons. The summed E-state index contributed by atoms with van der Waals surface area (Å²) >= 11 is 0. The van der Waals surface area contributed by atoms with Gasteiger partial charge in [-0.3, -0.25) is 0 Å². The largest absolute Gasteiger partial charge is 0.508 e. The minimum absolute atomic E-state index is 0.230. The number of esters is 1. The Morgan fingerprint density at radius 2 is 1.95 bits per heavy atom. The number of phenols is 1. The zero-order valence-corrected chi connectivity index (χ0v) is 11.5. The second-order valence-corrected chi connectivity index (χ2v) is 4.74. The molecule has 1 heterocycles. The third-order valence-corrected chi connectivity index (χ3v) is 3.41. The summed E-state index contributed by atoms with van der Waals surface area (Å²) < 4.78 is 10.3. The van der Waals surface area contributed by atoms with E-state index in [2.05, 4.69) is 0 Å². The van der Waals surface area contributed by atoms with Gasteiger partial charge in [0.25, 0.3) is 0 Å². The molecule has 2 aromatic rings. The highest BCUT2D eigenvalue weighted by molar-refractivity contribution is 5.95. The number of fused-ring (bicyclic) bond motifs is 1. The van der Waals surface area contributed by atoms with Crippen LogP contribution in [0, 0.1) is 0 Å². The first kappa shape index (κ1) is 13.2. The number of methoxy groups -OCH3 is 1. The molecule has 0 fully saturated rings. The molecule has 0 spiro atoms. The summed E-state index contributed by atoms with van der Waals surface area (Å²) in [4.78, 5) is 11.7. The monoisotopic (exact) mass is 282 g/mol. The van der Waals surface area contributed by atoms with Crippen molar-refractivity contribution in [3.8, 4) is 11.5 Å². The van der Waals surface area contributed by atoms with Crippen LogP contribution in [-0.4, -0.2) is 18.2 Å². The van der Waals surface area contributed by atoms with Crippen LogP contribution < -0.4 is 4.74 Å². The molecular formula is C17H14O4. The maximum atomic E-state index is 11.7. The van der Waals surface area contributed by atoms with E-state index < -0.39 is 0 Å². The van der Waals surface area contributed by atoms with Crippen molar-refractivity contribution in [3.63, 3.8) is 0 Å². The molecule has 4 nitrogen and oxygen atoms in total. The van der Waals surface area contributed by atoms with Crippen LogP contribution in [-0.2, 0) is 11.3 Å². The highest BCUT2D eigenvalue weighted by Crippen LogP contribution is 2.30. The van der Waals surface area contributed by atoms with Crippen LogP contribution in [0.5, 0.6) is 11.5 Å². The van der Waals surface area contributed by atoms with Crippen LogP contribution in [0.2, 0.25) is 0 Å². The van der Waals surface area contributed by atoms with Crippen molar-refractivity contribution in [2.75, 3.05) is 7.11 Å². The normalized spacial score (nSPS) is 13.3. The summed E-state index contributed by atoms with van der Waals surface area (Å²) in [5, 5.41) is 9.27. The van der Waals surface area contributed by atoms with Gasteiger partial charge in [0.2, 0.25) is 0 Å². The lowest BCUT2D eigenvalue weighted by Gasteiger charge is -2.05. The molecule has 0 saturated carbocycles. The fraction of sp³-hybridized carbons (Fsp3) is 0.118. The Morgan fingerprint density at radius 1 is 1.19 bits per heavy atom. The number of hydrogen-bond acceptors (Lipinski definition) is 4. The van der Waals surface area contributed by atoms with E-state index in [1.807, 2.05) is 30.4 Å². The van der Waals surface area contributed by atoms with Gasteiger partial charge in [-0.1, -0.05) is 24.3 Å². The molecule has 1 aliphatic rings. The van der Waals surface area contributed by atoms with Crippen LogP contribution in [0.1, 0.15) is 27.0 Å². The topological polar surface area (TPSA) is 55.8 Å². The van der Waals surface area contributed by atoms with E-state index in [0.717, 1.165) is 16.7 Å². The summed E-state index contributed by atoms with van der Waals surface area (Å²) in [6.07, 6.45) is 3.83. The summed E-state index contributed by atoms with van der Waals surface area (Å²) in [6.45, 7) is 0.285. The Kier molecular flexibility index (Phi) is 3.36. The van der Waals surface area contributed by atoms with Crippen LogP contribution >= 0.6 is 0 Å². The van der Waals surface area contributed by atoms with Crippen LogP contribution in [0.15, 0.2) is 36.4 Å². The minimum Gasteiger partial charge on any atom is -0.508 e. The van der Waals surface area contributed by atoms with Crippen LogP contribution in [0.4, 0.5) is 0 Å². The van der Waals surface area contributed by atoms with Crippen molar-refractivity contribution < 1.29 is 19.4 Å². The number of benzene rings is 2. The summed E-state index contributed by atoms with van der Waals surface area (Å²) in [6, 6.07) is 10.5. The molecule has 0 unspecified atom stereocenters. The molecule has 3 rings (SSSR count). The zero-order valence-electron chi connectivity index (χ0n) is 11.5. The Morgan fingerprint density at radius 3 is 2.67 bits per heavy atom. The lowest BCUT2D eigenvalue weighted by atomic mass is 10.0. The van der Waals surface area contributed by atoms with Gasteiger partial charge in [-0.05, 0) is 35.4 Å². The Labute approximate surface area is 122 Å². The molecule has 1 aliphatic heterocycles. The molecule has 0 aliphatic carbocycles. The van der Waals surface area contributed by atoms with Crippen LogP contribution in [0.25, 0.3) is 12.2 Å². The van der Waals surface area contributed by atoms with Gasteiger partial charge in [0.1, 0.15) is 18.1 Å². The second-order valence-electron chi connectivity index (χ2n) is 4.74. The second kappa shape index (κ2) is 5.32. The number of aromatic hydroxyl groups is 1. The number of carbonyl (C=O) groups is 1. The molecule has 0 aromatic heterocycles. The Balaban J connectivity index is 1.98. The summed E-state index contributed by atoms with van der Waals surface area (Å²) in [5.41, 5.74) is 3.27. The van der Waals surface area contributed by atoms with Crippen molar-refractivity contribution in [1.82, 2.24) is 0 Å². The van der Waals surface area contributed by atoms with Crippen molar-refractivity contribution in [1.29, 1.82) is 0 Å². The quantitative estimate of drug-likeness (QED) is 0.693. The van der Waals surface area contributed by atoms with E-state index in [9.17, 15) is 9.90 Å². The summed E-state index contributed by atoms with van der Waals surface area (Å²) in [5.74, 6) is 0.537. The van der Waals surface area contributed by atoms with Gasteiger partial charge in [0.05, 0.1) is 12.7 Å². The number of phenolic OH excluding ortho intramolecular Hbond substituents is 1. The van der Waals surface area contributed by atoms with E-state index in [1.165, 1.54) is 0 Å². The van der Waals surface area contributed by atoms with Gasteiger partial charge >= 0.3 is 5.97 Å². The molecule has 0 amide bonds.